The molecule has 2 heterocycles. The summed E-state index contributed by atoms with van der Waals surface area (Å²) in [6, 6.07) is 65.4. The third-order valence-corrected chi connectivity index (χ3v) is 14.2. The molecule has 0 fully saturated rings. The zero-order chi connectivity index (χ0) is 33.9. The smallest absolute Gasteiger partial charge is 0.171 e. The molecule has 0 aromatic heterocycles. The number of hydrogen-bond donors (Lipinski definition) is 0. The second-order valence-corrected chi connectivity index (χ2v) is 16.7. The van der Waals surface area contributed by atoms with Crippen molar-refractivity contribution in [3.63, 3.8) is 0 Å². The van der Waals surface area contributed by atoms with Crippen LogP contribution in [0.1, 0.15) is 0 Å². The van der Waals surface area contributed by atoms with Gasteiger partial charge in [0.15, 0.2) is 7.14 Å². The Balaban J connectivity index is 1.18. The Morgan fingerprint density at radius 2 is 0.941 bits per heavy atom. The summed E-state index contributed by atoms with van der Waals surface area (Å²) in [7, 11) is -3.11. The molecule has 0 spiro atoms. The van der Waals surface area contributed by atoms with Crippen LogP contribution in [0.4, 0.5) is 34.1 Å². The van der Waals surface area contributed by atoms with Gasteiger partial charge in [-0.3, -0.25) is 0 Å². The minimum absolute atomic E-state index is 0.815. The van der Waals surface area contributed by atoms with Crippen molar-refractivity contribution in [1.29, 1.82) is 0 Å². The third-order valence-electron chi connectivity index (χ3n) is 10.0. The molecule has 0 amide bonds. The third kappa shape index (κ3) is 4.72. The van der Waals surface area contributed by atoms with Gasteiger partial charge in [0.05, 0.1) is 22.7 Å². The fraction of sp³-hybridized carbons (Fsp3) is 0. The number of para-hydroxylation sites is 2. The monoisotopic (exact) mass is 690 g/mol. The molecule has 242 valence electrons. The topological polar surface area (TPSA) is 23.6 Å². The van der Waals surface area contributed by atoms with E-state index in [1.165, 1.54) is 43.1 Å². The normalized spacial score (nSPS) is 13.0. The molecule has 2 aliphatic heterocycles. The highest BCUT2D eigenvalue weighted by Gasteiger charge is 2.33. The zero-order valence-electron chi connectivity index (χ0n) is 27.6. The Hall–Kier alpha value is -5.80. The van der Waals surface area contributed by atoms with E-state index in [4.69, 9.17) is 0 Å². The van der Waals surface area contributed by atoms with Crippen LogP contribution in [0.25, 0.3) is 21.9 Å². The fourth-order valence-corrected chi connectivity index (χ4v) is 11.4. The predicted molar refractivity (Wildman–Crippen MR) is 216 cm³/mol. The van der Waals surface area contributed by atoms with Gasteiger partial charge < -0.3 is 14.4 Å². The highest BCUT2D eigenvalue weighted by Crippen LogP contribution is 2.58. The molecule has 0 bridgehead atoms. The van der Waals surface area contributed by atoms with Crippen LogP contribution in [-0.4, -0.2) is 0 Å². The second kappa shape index (κ2) is 11.9. The lowest BCUT2D eigenvalue weighted by atomic mass is 9.90. The quantitative estimate of drug-likeness (QED) is 0.168. The highest BCUT2D eigenvalue weighted by atomic mass is 32.2. The van der Waals surface area contributed by atoms with E-state index in [1.807, 2.05) is 72.4 Å². The van der Waals surface area contributed by atoms with Crippen LogP contribution in [-0.2, 0) is 4.57 Å². The van der Waals surface area contributed by atoms with Crippen LogP contribution in [0.15, 0.2) is 198 Å². The molecule has 10 rings (SSSR count). The number of nitrogens with zero attached hydrogens (tertiary/aromatic N) is 2. The largest absolute Gasteiger partial charge is 0.309 e. The van der Waals surface area contributed by atoms with Gasteiger partial charge in [0.25, 0.3) is 0 Å². The molecule has 3 nitrogen and oxygen atoms in total. The molecule has 0 saturated heterocycles. The van der Waals surface area contributed by atoms with E-state index < -0.39 is 7.14 Å². The molecular formula is C46H31N2OPS. The van der Waals surface area contributed by atoms with E-state index in [0.29, 0.717) is 0 Å². The molecule has 2 aliphatic rings. The molecule has 0 N–H and O–H groups in total. The van der Waals surface area contributed by atoms with E-state index in [-0.39, 0.29) is 0 Å². The van der Waals surface area contributed by atoms with Gasteiger partial charge in [-0.05, 0) is 77.7 Å². The van der Waals surface area contributed by atoms with Gasteiger partial charge in [-0.2, -0.15) is 0 Å². The van der Waals surface area contributed by atoms with Gasteiger partial charge in [0, 0.05) is 48.0 Å². The van der Waals surface area contributed by atoms with Crippen molar-refractivity contribution in [2.75, 3.05) is 9.80 Å². The highest BCUT2D eigenvalue weighted by molar-refractivity contribution is 7.99. The van der Waals surface area contributed by atoms with Crippen molar-refractivity contribution in [3.05, 3.63) is 188 Å². The summed E-state index contributed by atoms with van der Waals surface area (Å²) in [4.78, 5) is 7.20. The van der Waals surface area contributed by atoms with Crippen molar-refractivity contribution in [1.82, 2.24) is 0 Å². The molecule has 8 aromatic carbocycles. The molecular weight excluding hydrogens is 660 g/mol. The van der Waals surface area contributed by atoms with Crippen molar-refractivity contribution >= 4 is 79.7 Å². The lowest BCUT2D eigenvalue weighted by Crippen LogP contribution is -2.25. The van der Waals surface area contributed by atoms with Crippen LogP contribution in [0, 0.1) is 0 Å². The second-order valence-electron chi connectivity index (χ2n) is 12.9. The van der Waals surface area contributed by atoms with E-state index in [2.05, 4.69) is 137 Å². The Labute approximate surface area is 301 Å². The summed E-state index contributed by atoms with van der Waals surface area (Å²) in [5.41, 5.74) is 9.18. The molecule has 5 heteroatoms. The summed E-state index contributed by atoms with van der Waals surface area (Å²) in [5, 5.41) is 4.91. The first-order valence-corrected chi connectivity index (χ1v) is 19.7. The summed E-state index contributed by atoms with van der Waals surface area (Å²) in [6.45, 7) is 0. The average molecular weight is 691 g/mol. The first kappa shape index (κ1) is 30.1. The van der Waals surface area contributed by atoms with Gasteiger partial charge in [-0.1, -0.05) is 133 Å². The molecule has 51 heavy (non-hydrogen) atoms. The Kier molecular flexibility index (Phi) is 7.02. The summed E-state index contributed by atoms with van der Waals surface area (Å²) in [6.07, 6.45) is 0. The SMILES string of the molecule is O=P(c1ccccc1)(c1ccccc1)c1ccc(N2c3cc4c(cc3-c3cccc5cccc2c35)N(c2ccccc2)c2ccccc2S4)cc1. The van der Waals surface area contributed by atoms with Crippen LogP contribution >= 0.6 is 18.9 Å². The maximum absolute atomic E-state index is 15.2. The molecule has 0 radical (unpaired) electrons. The molecule has 0 saturated carbocycles. The van der Waals surface area contributed by atoms with Crippen LogP contribution in [0.5, 0.6) is 0 Å². The molecule has 0 unspecified atom stereocenters. The van der Waals surface area contributed by atoms with Crippen molar-refractivity contribution in [3.8, 4) is 11.1 Å². The molecule has 0 atom stereocenters. The number of benzene rings is 8. The van der Waals surface area contributed by atoms with Crippen LogP contribution in [0.2, 0.25) is 0 Å². The predicted octanol–water partition coefficient (Wildman–Crippen LogP) is 11.9. The van der Waals surface area contributed by atoms with Gasteiger partial charge >= 0.3 is 0 Å². The van der Waals surface area contributed by atoms with Crippen LogP contribution < -0.4 is 25.7 Å². The Bertz CT molecular complexity index is 2600. The van der Waals surface area contributed by atoms with E-state index >= 15 is 4.57 Å². The van der Waals surface area contributed by atoms with E-state index in [1.54, 1.807) is 0 Å². The average Bonchev–Trinajstić information content (AvgIpc) is 3.20. The number of rotatable bonds is 5. The minimum atomic E-state index is -3.11. The molecule has 0 aliphatic carbocycles. The Morgan fingerprint density at radius 1 is 0.392 bits per heavy atom. The lowest BCUT2D eigenvalue weighted by molar-refractivity contribution is 0.592. The van der Waals surface area contributed by atoms with Crippen molar-refractivity contribution < 1.29 is 4.57 Å². The minimum Gasteiger partial charge on any atom is -0.309 e. The Morgan fingerprint density at radius 3 is 1.65 bits per heavy atom. The maximum Gasteiger partial charge on any atom is 0.171 e. The number of anilines is 6. The summed E-state index contributed by atoms with van der Waals surface area (Å²) < 4.78 is 15.2. The lowest BCUT2D eigenvalue weighted by Gasteiger charge is -2.38. The van der Waals surface area contributed by atoms with Gasteiger partial charge in [0.1, 0.15) is 0 Å². The van der Waals surface area contributed by atoms with E-state index in [9.17, 15) is 0 Å². The number of hydrogen-bond acceptors (Lipinski definition) is 4. The summed E-state index contributed by atoms with van der Waals surface area (Å²) >= 11 is 1.82. The first-order valence-electron chi connectivity index (χ1n) is 17.1. The van der Waals surface area contributed by atoms with Crippen molar-refractivity contribution in [2.45, 2.75) is 9.79 Å². The van der Waals surface area contributed by atoms with E-state index in [0.717, 1.165) is 38.7 Å². The van der Waals surface area contributed by atoms with Crippen LogP contribution in [0.3, 0.4) is 0 Å². The number of fused-ring (bicyclic) bond motifs is 4. The standard InChI is InChI=1S/C46H31N2OPS/c49-50(35-18-6-2-7-19-35,36-20-8-3-9-21-36)37-28-26-34(27-29-37)48-41-24-13-15-32-14-12-22-38(46(32)41)39-30-43-45(31-42(39)48)51-44-25-11-10-23-40(44)47(43)33-16-4-1-5-17-33/h1-31H. The fourth-order valence-electron chi connectivity index (χ4n) is 7.72. The summed E-state index contributed by atoms with van der Waals surface area (Å²) in [5.74, 6) is 0. The van der Waals surface area contributed by atoms with Gasteiger partial charge in [0.2, 0.25) is 0 Å². The van der Waals surface area contributed by atoms with Gasteiger partial charge in [-0.15, -0.1) is 0 Å². The zero-order valence-corrected chi connectivity index (χ0v) is 29.3. The van der Waals surface area contributed by atoms with Gasteiger partial charge in [-0.25, -0.2) is 0 Å². The van der Waals surface area contributed by atoms with Crippen molar-refractivity contribution in [2.24, 2.45) is 0 Å². The first-order chi connectivity index (χ1) is 25.2. The molecule has 8 aromatic rings. The maximum atomic E-state index is 15.2.